The van der Waals surface area contributed by atoms with Crippen molar-refractivity contribution in [3.8, 4) is 10.4 Å². The lowest BCUT2D eigenvalue weighted by Crippen LogP contribution is -1.99. The third kappa shape index (κ3) is 2.63. The van der Waals surface area contributed by atoms with Crippen molar-refractivity contribution >= 4 is 50.5 Å². The number of nitrogen functional groups attached to an aromatic ring is 1. The summed E-state index contributed by atoms with van der Waals surface area (Å²) in [5, 5.41) is 9.76. The molecule has 0 spiro atoms. The van der Waals surface area contributed by atoms with E-state index in [0.29, 0.717) is 17.1 Å². The highest BCUT2D eigenvalue weighted by Crippen LogP contribution is 2.42. The van der Waals surface area contributed by atoms with E-state index in [1.807, 2.05) is 19.1 Å². The first kappa shape index (κ1) is 14.4. The van der Waals surface area contributed by atoms with Crippen LogP contribution in [-0.2, 0) is 6.42 Å². The minimum Gasteiger partial charge on any atom is -0.477 e. The monoisotopic (exact) mass is 359 g/mol. The van der Waals surface area contributed by atoms with Crippen LogP contribution in [0.5, 0.6) is 0 Å². The van der Waals surface area contributed by atoms with E-state index in [2.05, 4.69) is 15.9 Å². The van der Waals surface area contributed by atoms with Gasteiger partial charge in [-0.1, -0.05) is 34.5 Å². The summed E-state index contributed by atoms with van der Waals surface area (Å²) >= 11 is 10.7. The zero-order chi connectivity index (χ0) is 14.2. The summed E-state index contributed by atoms with van der Waals surface area (Å²) < 4.78 is 0.866. The van der Waals surface area contributed by atoms with Crippen molar-refractivity contribution in [1.29, 1.82) is 0 Å². The van der Waals surface area contributed by atoms with Crippen molar-refractivity contribution < 1.29 is 9.90 Å². The number of hydrogen-bond acceptors (Lipinski definition) is 3. The van der Waals surface area contributed by atoms with Crippen LogP contribution in [0.15, 0.2) is 22.7 Å². The third-order valence-corrected chi connectivity index (χ3v) is 4.96. The van der Waals surface area contributed by atoms with Crippen molar-refractivity contribution in [3.63, 3.8) is 0 Å². The molecular weight excluding hydrogens is 350 g/mol. The number of carboxylic acids is 1. The first-order valence-electron chi connectivity index (χ1n) is 5.55. The summed E-state index contributed by atoms with van der Waals surface area (Å²) in [6, 6.07) is 5.42. The highest BCUT2D eigenvalue weighted by molar-refractivity contribution is 9.10. The fourth-order valence-corrected chi connectivity index (χ4v) is 3.81. The molecule has 6 heteroatoms. The molecular formula is C13H11BrClNO2S. The van der Waals surface area contributed by atoms with E-state index >= 15 is 0 Å². The molecule has 0 fully saturated rings. The van der Waals surface area contributed by atoms with Gasteiger partial charge in [0.15, 0.2) is 0 Å². The van der Waals surface area contributed by atoms with E-state index in [0.717, 1.165) is 20.5 Å². The van der Waals surface area contributed by atoms with Crippen LogP contribution in [0.25, 0.3) is 10.4 Å². The molecule has 1 aromatic carbocycles. The Morgan fingerprint density at radius 2 is 2.21 bits per heavy atom. The van der Waals surface area contributed by atoms with Crippen LogP contribution in [0.2, 0.25) is 5.02 Å². The van der Waals surface area contributed by atoms with Gasteiger partial charge in [-0.05, 0) is 30.2 Å². The van der Waals surface area contributed by atoms with Gasteiger partial charge in [0.1, 0.15) is 4.88 Å². The average molecular weight is 361 g/mol. The third-order valence-electron chi connectivity index (χ3n) is 2.77. The number of aromatic carboxylic acids is 1. The first-order valence-corrected chi connectivity index (χ1v) is 7.54. The van der Waals surface area contributed by atoms with Gasteiger partial charge in [0.25, 0.3) is 0 Å². The van der Waals surface area contributed by atoms with Gasteiger partial charge in [-0.15, -0.1) is 11.3 Å². The number of rotatable bonds is 3. The van der Waals surface area contributed by atoms with Crippen molar-refractivity contribution in [1.82, 2.24) is 0 Å². The number of benzene rings is 1. The molecule has 100 valence electrons. The molecule has 19 heavy (non-hydrogen) atoms. The maximum Gasteiger partial charge on any atom is 0.348 e. The molecule has 0 amide bonds. The predicted octanol–water partition coefficient (Wildman–Crippen LogP) is 4.67. The van der Waals surface area contributed by atoms with Crippen LogP contribution in [-0.4, -0.2) is 11.1 Å². The number of thiophene rings is 1. The van der Waals surface area contributed by atoms with Crippen molar-refractivity contribution in [2.75, 3.05) is 5.73 Å². The number of carboxylic acid groups (broad SMARTS) is 1. The van der Waals surface area contributed by atoms with Gasteiger partial charge in [0, 0.05) is 19.9 Å². The second kappa shape index (κ2) is 5.53. The Morgan fingerprint density at radius 1 is 1.53 bits per heavy atom. The topological polar surface area (TPSA) is 63.3 Å². The molecule has 0 saturated carbocycles. The molecule has 0 aliphatic carbocycles. The van der Waals surface area contributed by atoms with E-state index in [1.54, 1.807) is 6.07 Å². The molecule has 1 aromatic heterocycles. The largest absolute Gasteiger partial charge is 0.477 e. The smallest absolute Gasteiger partial charge is 0.348 e. The number of hydrogen-bond donors (Lipinski definition) is 2. The molecule has 0 radical (unpaired) electrons. The van der Waals surface area contributed by atoms with E-state index in [9.17, 15) is 4.79 Å². The summed E-state index contributed by atoms with van der Waals surface area (Å²) in [5.74, 6) is -0.999. The Hall–Kier alpha value is -1.04. The van der Waals surface area contributed by atoms with Crippen LogP contribution in [0.1, 0.15) is 22.2 Å². The lowest BCUT2D eigenvalue weighted by Gasteiger charge is -2.06. The second-order valence-corrected chi connectivity index (χ2v) is 6.25. The van der Waals surface area contributed by atoms with Gasteiger partial charge in [-0.3, -0.25) is 0 Å². The summed E-state index contributed by atoms with van der Waals surface area (Å²) in [5.41, 5.74) is 7.99. The fraction of sp³-hybridized carbons (Fsp3) is 0.154. The number of anilines is 1. The van der Waals surface area contributed by atoms with Gasteiger partial charge in [-0.25, -0.2) is 4.79 Å². The molecule has 1 heterocycles. The fourth-order valence-electron chi connectivity index (χ4n) is 1.88. The number of carbonyl (C=O) groups is 1. The highest BCUT2D eigenvalue weighted by atomic mass is 79.9. The maximum absolute atomic E-state index is 11.2. The van der Waals surface area contributed by atoms with Gasteiger partial charge in [0.05, 0.1) is 5.69 Å². The van der Waals surface area contributed by atoms with Crippen LogP contribution >= 0.6 is 38.9 Å². The average Bonchev–Trinajstić information content (AvgIpc) is 2.69. The highest BCUT2D eigenvalue weighted by Gasteiger charge is 2.21. The van der Waals surface area contributed by atoms with Gasteiger partial charge in [-0.2, -0.15) is 0 Å². The van der Waals surface area contributed by atoms with Crippen molar-refractivity contribution in [2.45, 2.75) is 13.3 Å². The Labute approximate surface area is 128 Å². The zero-order valence-electron chi connectivity index (χ0n) is 10.0. The lowest BCUT2D eigenvalue weighted by atomic mass is 10.1. The zero-order valence-corrected chi connectivity index (χ0v) is 13.2. The minimum atomic E-state index is -0.999. The summed E-state index contributed by atoms with van der Waals surface area (Å²) in [6.07, 6.45) is 0.671. The Bertz CT molecular complexity index is 654. The summed E-state index contributed by atoms with van der Waals surface area (Å²) in [7, 11) is 0. The van der Waals surface area contributed by atoms with E-state index < -0.39 is 5.97 Å². The van der Waals surface area contributed by atoms with Crippen LogP contribution in [0.4, 0.5) is 5.69 Å². The first-order chi connectivity index (χ1) is 8.95. The predicted molar refractivity (Wildman–Crippen MR) is 83.2 cm³/mol. The minimum absolute atomic E-state index is 0.179. The number of halogens is 2. The van der Waals surface area contributed by atoms with Crippen molar-refractivity contribution in [2.24, 2.45) is 0 Å². The molecule has 2 rings (SSSR count). The van der Waals surface area contributed by atoms with Crippen LogP contribution < -0.4 is 5.73 Å². The van der Waals surface area contributed by atoms with E-state index in [1.165, 1.54) is 11.3 Å². The molecule has 0 atom stereocenters. The van der Waals surface area contributed by atoms with Crippen molar-refractivity contribution in [3.05, 3.63) is 38.1 Å². The maximum atomic E-state index is 11.2. The standard InChI is InChI=1S/C13H11BrClNO2S/c1-2-7-10(16)12(13(17)18)19-11(7)8-5-6(15)3-4-9(8)14/h3-5H,2,16H2,1H3,(H,17,18). The van der Waals surface area contributed by atoms with Crippen LogP contribution in [0, 0.1) is 0 Å². The number of nitrogens with two attached hydrogens (primary N) is 1. The molecule has 0 unspecified atom stereocenters. The molecule has 0 saturated heterocycles. The molecule has 3 nitrogen and oxygen atoms in total. The van der Waals surface area contributed by atoms with Gasteiger partial charge < -0.3 is 10.8 Å². The Kier molecular flexibility index (Phi) is 4.18. The quantitative estimate of drug-likeness (QED) is 0.835. The SMILES string of the molecule is CCc1c(-c2cc(Cl)ccc2Br)sc(C(=O)O)c1N. The molecule has 0 aliphatic rings. The summed E-state index contributed by atoms with van der Waals surface area (Å²) in [4.78, 5) is 12.2. The van der Waals surface area contributed by atoms with Gasteiger partial charge >= 0.3 is 5.97 Å². The van der Waals surface area contributed by atoms with E-state index in [-0.39, 0.29) is 4.88 Å². The van der Waals surface area contributed by atoms with Crippen LogP contribution in [0.3, 0.4) is 0 Å². The summed E-state index contributed by atoms with van der Waals surface area (Å²) in [6.45, 7) is 1.95. The Balaban J connectivity index is 2.71. The molecule has 0 bridgehead atoms. The second-order valence-electron chi connectivity index (χ2n) is 3.94. The normalized spacial score (nSPS) is 10.7. The lowest BCUT2D eigenvalue weighted by molar-refractivity contribution is 0.0703. The van der Waals surface area contributed by atoms with E-state index in [4.69, 9.17) is 22.4 Å². The Morgan fingerprint density at radius 3 is 2.79 bits per heavy atom. The molecule has 3 N–H and O–H groups in total. The molecule has 2 aromatic rings. The molecule has 0 aliphatic heterocycles. The van der Waals surface area contributed by atoms with Gasteiger partial charge in [0.2, 0.25) is 0 Å².